The summed E-state index contributed by atoms with van der Waals surface area (Å²) in [5, 5.41) is 3.41. The Hall–Kier alpha value is -2.07. The Morgan fingerprint density at radius 3 is 2.52 bits per heavy atom. The SMILES string of the molecule is COc1ccc(CNC(C)COc2ccc(C)cc2)cn1. The van der Waals surface area contributed by atoms with Gasteiger partial charge < -0.3 is 14.8 Å². The van der Waals surface area contributed by atoms with Crippen LogP contribution in [0.4, 0.5) is 0 Å². The van der Waals surface area contributed by atoms with Crippen molar-refractivity contribution in [2.75, 3.05) is 13.7 Å². The van der Waals surface area contributed by atoms with Gasteiger partial charge >= 0.3 is 0 Å². The first-order chi connectivity index (χ1) is 10.2. The highest BCUT2D eigenvalue weighted by molar-refractivity contribution is 5.26. The highest BCUT2D eigenvalue weighted by Gasteiger charge is 2.03. The minimum absolute atomic E-state index is 0.258. The van der Waals surface area contributed by atoms with Gasteiger partial charge in [0.2, 0.25) is 5.88 Å². The third-order valence-electron chi connectivity index (χ3n) is 3.18. The molecule has 0 spiro atoms. The van der Waals surface area contributed by atoms with E-state index in [0.29, 0.717) is 12.5 Å². The second-order valence-electron chi connectivity index (χ2n) is 5.11. The average Bonchev–Trinajstić information content (AvgIpc) is 2.53. The highest BCUT2D eigenvalue weighted by Crippen LogP contribution is 2.11. The van der Waals surface area contributed by atoms with Gasteiger partial charge in [-0.05, 0) is 31.5 Å². The van der Waals surface area contributed by atoms with Crippen molar-refractivity contribution >= 4 is 0 Å². The van der Waals surface area contributed by atoms with E-state index in [9.17, 15) is 0 Å². The molecule has 0 radical (unpaired) electrons. The maximum absolute atomic E-state index is 5.75. The molecule has 1 atom stereocenters. The number of hydrogen-bond acceptors (Lipinski definition) is 4. The van der Waals surface area contributed by atoms with Crippen LogP contribution in [0.25, 0.3) is 0 Å². The molecule has 0 aliphatic carbocycles. The maximum atomic E-state index is 5.75. The molecule has 1 heterocycles. The summed E-state index contributed by atoms with van der Waals surface area (Å²) in [5.74, 6) is 1.54. The fourth-order valence-corrected chi connectivity index (χ4v) is 1.84. The van der Waals surface area contributed by atoms with Crippen molar-refractivity contribution in [3.63, 3.8) is 0 Å². The van der Waals surface area contributed by atoms with Gasteiger partial charge in [-0.1, -0.05) is 23.8 Å². The standard InChI is InChI=1S/C17H22N2O2/c1-13-4-7-16(8-5-13)21-12-14(2)18-10-15-6-9-17(20-3)19-11-15/h4-9,11,14,18H,10,12H2,1-3H3. The summed E-state index contributed by atoms with van der Waals surface area (Å²) in [6.45, 7) is 5.56. The summed E-state index contributed by atoms with van der Waals surface area (Å²) in [6.07, 6.45) is 1.82. The van der Waals surface area contributed by atoms with Crippen LogP contribution in [0.15, 0.2) is 42.6 Å². The van der Waals surface area contributed by atoms with E-state index in [1.807, 2.05) is 30.5 Å². The fourth-order valence-electron chi connectivity index (χ4n) is 1.84. The number of aryl methyl sites for hydroxylation is 1. The fraction of sp³-hybridized carbons (Fsp3) is 0.353. The zero-order valence-corrected chi connectivity index (χ0v) is 12.8. The zero-order chi connectivity index (χ0) is 15.1. The molecule has 4 heteroatoms. The van der Waals surface area contributed by atoms with Gasteiger partial charge in [-0.15, -0.1) is 0 Å². The lowest BCUT2D eigenvalue weighted by molar-refractivity contribution is 0.272. The lowest BCUT2D eigenvalue weighted by atomic mass is 10.2. The molecule has 0 bridgehead atoms. The minimum atomic E-state index is 0.258. The molecule has 2 aromatic rings. The number of ether oxygens (including phenoxy) is 2. The molecule has 112 valence electrons. The quantitative estimate of drug-likeness (QED) is 0.850. The summed E-state index contributed by atoms with van der Waals surface area (Å²) in [7, 11) is 1.62. The molecule has 1 aromatic heterocycles. The Morgan fingerprint density at radius 2 is 1.90 bits per heavy atom. The molecular weight excluding hydrogens is 264 g/mol. The number of methoxy groups -OCH3 is 1. The van der Waals surface area contributed by atoms with E-state index in [1.54, 1.807) is 7.11 Å². The van der Waals surface area contributed by atoms with E-state index in [-0.39, 0.29) is 6.04 Å². The van der Waals surface area contributed by atoms with Crippen molar-refractivity contribution in [3.8, 4) is 11.6 Å². The van der Waals surface area contributed by atoms with Gasteiger partial charge in [-0.2, -0.15) is 0 Å². The lowest BCUT2D eigenvalue weighted by Gasteiger charge is -2.15. The van der Waals surface area contributed by atoms with Crippen LogP contribution >= 0.6 is 0 Å². The summed E-state index contributed by atoms with van der Waals surface area (Å²) < 4.78 is 10.8. The van der Waals surface area contributed by atoms with E-state index in [0.717, 1.165) is 17.9 Å². The Bertz CT molecular complexity index is 538. The molecular formula is C17H22N2O2. The molecule has 1 unspecified atom stereocenters. The molecule has 0 aliphatic rings. The molecule has 4 nitrogen and oxygen atoms in total. The first-order valence-electron chi connectivity index (χ1n) is 7.09. The normalized spacial score (nSPS) is 12.0. The molecule has 2 rings (SSSR count). The van der Waals surface area contributed by atoms with Crippen LogP contribution in [0.3, 0.4) is 0 Å². The molecule has 0 amide bonds. The van der Waals surface area contributed by atoms with Crippen LogP contribution in [0.2, 0.25) is 0 Å². The summed E-state index contributed by atoms with van der Waals surface area (Å²) in [4.78, 5) is 4.18. The van der Waals surface area contributed by atoms with Gasteiger partial charge in [0.05, 0.1) is 7.11 Å². The van der Waals surface area contributed by atoms with E-state index in [4.69, 9.17) is 9.47 Å². The van der Waals surface area contributed by atoms with Crippen LogP contribution in [0.1, 0.15) is 18.1 Å². The van der Waals surface area contributed by atoms with Gasteiger partial charge in [0.1, 0.15) is 12.4 Å². The van der Waals surface area contributed by atoms with E-state index in [2.05, 4.69) is 36.3 Å². The first kappa shape index (κ1) is 15.3. The van der Waals surface area contributed by atoms with Crippen molar-refractivity contribution in [2.45, 2.75) is 26.4 Å². The number of hydrogen-bond donors (Lipinski definition) is 1. The van der Waals surface area contributed by atoms with Crippen LogP contribution in [0.5, 0.6) is 11.6 Å². The molecule has 21 heavy (non-hydrogen) atoms. The number of aromatic nitrogens is 1. The van der Waals surface area contributed by atoms with Crippen molar-refractivity contribution in [1.82, 2.24) is 10.3 Å². The Balaban J connectivity index is 1.73. The Morgan fingerprint density at radius 1 is 1.14 bits per heavy atom. The Kier molecular flexibility index (Phi) is 5.58. The Labute approximate surface area is 126 Å². The summed E-state index contributed by atoms with van der Waals surface area (Å²) >= 11 is 0. The van der Waals surface area contributed by atoms with Crippen molar-refractivity contribution in [2.24, 2.45) is 0 Å². The predicted molar refractivity (Wildman–Crippen MR) is 83.8 cm³/mol. The number of pyridine rings is 1. The van der Waals surface area contributed by atoms with Crippen molar-refractivity contribution in [1.29, 1.82) is 0 Å². The number of rotatable bonds is 7. The highest BCUT2D eigenvalue weighted by atomic mass is 16.5. The predicted octanol–water partition coefficient (Wildman–Crippen LogP) is 2.96. The molecule has 0 saturated carbocycles. The van der Waals surface area contributed by atoms with Crippen LogP contribution in [-0.2, 0) is 6.54 Å². The zero-order valence-electron chi connectivity index (χ0n) is 12.8. The average molecular weight is 286 g/mol. The van der Waals surface area contributed by atoms with Crippen LogP contribution < -0.4 is 14.8 Å². The topological polar surface area (TPSA) is 43.4 Å². The third kappa shape index (κ3) is 5.08. The van der Waals surface area contributed by atoms with E-state index in [1.165, 1.54) is 5.56 Å². The van der Waals surface area contributed by atoms with Gasteiger partial charge in [0.25, 0.3) is 0 Å². The maximum Gasteiger partial charge on any atom is 0.212 e. The minimum Gasteiger partial charge on any atom is -0.492 e. The van der Waals surface area contributed by atoms with Crippen LogP contribution in [-0.4, -0.2) is 24.7 Å². The van der Waals surface area contributed by atoms with Gasteiger partial charge in [-0.25, -0.2) is 4.98 Å². The molecule has 1 aromatic carbocycles. The smallest absolute Gasteiger partial charge is 0.212 e. The van der Waals surface area contributed by atoms with E-state index >= 15 is 0 Å². The third-order valence-corrected chi connectivity index (χ3v) is 3.18. The van der Waals surface area contributed by atoms with Crippen molar-refractivity contribution < 1.29 is 9.47 Å². The molecule has 0 fully saturated rings. The van der Waals surface area contributed by atoms with Gasteiger partial charge in [-0.3, -0.25) is 0 Å². The van der Waals surface area contributed by atoms with Crippen molar-refractivity contribution in [3.05, 3.63) is 53.7 Å². The number of nitrogens with zero attached hydrogens (tertiary/aromatic N) is 1. The summed E-state index contributed by atoms with van der Waals surface area (Å²) in [5.41, 5.74) is 2.36. The molecule has 0 aliphatic heterocycles. The largest absolute Gasteiger partial charge is 0.492 e. The van der Waals surface area contributed by atoms with Gasteiger partial charge in [0, 0.05) is 24.8 Å². The first-order valence-corrected chi connectivity index (χ1v) is 7.09. The van der Waals surface area contributed by atoms with Gasteiger partial charge in [0.15, 0.2) is 0 Å². The second-order valence-corrected chi connectivity index (χ2v) is 5.11. The monoisotopic (exact) mass is 286 g/mol. The van der Waals surface area contributed by atoms with E-state index < -0.39 is 0 Å². The molecule has 1 N–H and O–H groups in total. The second kappa shape index (κ2) is 7.64. The number of benzene rings is 1. The lowest BCUT2D eigenvalue weighted by Crippen LogP contribution is -2.31. The van der Waals surface area contributed by atoms with Crippen LogP contribution in [0, 0.1) is 6.92 Å². The number of nitrogens with one attached hydrogen (secondary N) is 1. The molecule has 0 saturated heterocycles. The summed E-state index contributed by atoms with van der Waals surface area (Å²) in [6, 6.07) is 12.2.